The average molecular weight is 396 g/mol. The van der Waals surface area contributed by atoms with Crippen LogP contribution in [0, 0.1) is 18.6 Å². The number of anilines is 1. The molecule has 4 rings (SSSR count). The van der Waals surface area contributed by atoms with Gasteiger partial charge in [0.25, 0.3) is 5.91 Å². The van der Waals surface area contributed by atoms with Gasteiger partial charge in [0.2, 0.25) is 0 Å². The van der Waals surface area contributed by atoms with Gasteiger partial charge in [-0.25, -0.2) is 13.5 Å². The van der Waals surface area contributed by atoms with Crippen LogP contribution < -0.4 is 10.6 Å². The Kier molecular flexibility index (Phi) is 5.40. The summed E-state index contributed by atoms with van der Waals surface area (Å²) in [5.41, 5.74) is 3.13. The standard InChI is InChI=1S/C22H22F2N4O/c1-14-3-2-4-17(11-14)28-21(15-7-9-25-10-8-15)18(13-26-28)22(29)27-20-6-5-16(23)12-19(20)24/h2-6,11-13,15,25H,7-10H2,1H3,(H,27,29). The van der Waals surface area contributed by atoms with Crippen LogP contribution in [0.4, 0.5) is 14.5 Å². The van der Waals surface area contributed by atoms with Crippen molar-refractivity contribution in [1.82, 2.24) is 15.1 Å². The first kappa shape index (κ1) is 19.3. The number of benzene rings is 2. The fourth-order valence-electron chi connectivity index (χ4n) is 3.77. The molecule has 5 nitrogen and oxygen atoms in total. The Bertz CT molecular complexity index is 1040. The van der Waals surface area contributed by atoms with Gasteiger partial charge in [0.15, 0.2) is 0 Å². The summed E-state index contributed by atoms with van der Waals surface area (Å²) in [6.07, 6.45) is 3.28. The van der Waals surface area contributed by atoms with Crippen LogP contribution in [0.5, 0.6) is 0 Å². The van der Waals surface area contributed by atoms with Crippen LogP contribution in [0.1, 0.15) is 40.4 Å². The molecule has 2 aromatic carbocycles. The minimum Gasteiger partial charge on any atom is -0.319 e. The summed E-state index contributed by atoms with van der Waals surface area (Å²) in [4.78, 5) is 13.0. The van der Waals surface area contributed by atoms with Gasteiger partial charge in [-0.1, -0.05) is 12.1 Å². The van der Waals surface area contributed by atoms with E-state index in [1.807, 2.05) is 31.2 Å². The minimum atomic E-state index is -0.812. The number of nitrogens with zero attached hydrogens (tertiary/aromatic N) is 2. The van der Waals surface area contributed by atoms with Gasteiger partial charge in [-0.15, -0.1) is 0 Å². The second-order valence-electron chi connectivity index (χ2n) is 7.30. The van der Waals surface area contributed by atoms with E-state index in [-0.39, 0.29) is 11.6 Å². The number of piperidine rings is 1. The highest BCUT2D eigenvalue weighted by Gasteiger charge is 2.27. The second-order valence-corrected chi connectivity index (χ2v) is 7.30. The van der Waals surface area contributed by atoms with Gasteiger partial charge in [0.1, 0.15) is 11.6 Å². The van der Waals surface area contributed by atoms with Crippen molar-refractivity contribution in [2.75, 3.05) is 18.4 Å². The molecule has 0 radical (unpaired) electrons. The largest absolute Gasteiger partial charge is 0.319 e. The first-order valence-electron chi connectivity index (χ1n) is 9.65. The van der Waals surface area contributed by atoms with Gasteiger partial charge in [0, 0.05) is 12.0 Å². The first-order valence-corrected chi connectivity index (χ1v) is 9.65. The summed E-state index contributed by atoms with van der Waals surface area (Å²) in [6.45, 7) is 3.72. The van der Waals surface area contributed by atoms with E-state index >= 15 is 0 Å². The number of hydrogen-bond donors (Lipinski definition) is 2. The molecule has 0 bridgehead atoms. The molecular weight excluding hydrogens is 374 g/mol. The molecule has 7 heteroatoms. The Morgan fingerprint density at radius 2 is 1.97 bits per heavy atom. The lowest BCUT2D eigenvalue weighted by atomic mass is 9.91. The Hall–Kier alpha value is -3.06. The van der Waals surface area contributed by atoms with E-state index in [4.69, 9.17) is 0 Å². The van der Waals surface area contributed by atoms with Gasteiger partial charge in [-0.3, -0.25) is 4.79 Å². The van der Waals surface area contributed by atoms with E-state index in [2.05, 4.69) is 15.7 Å². The number of amides is 1. The molecule has 29 heavy (non-hydrogen) atoms. The van der Waals surface area contributed by atoms with Gasteiger partial charge in [-0.2, -0.15) is 5.10 Å². The van der Waals surface area contributed by atoms with Crippen molar-refractivity contribution >= 4 is 11.6 Å². The molecule has 0 aliphatic carbocycles. The topological polar surface area (TPSA) is 59.0 Å². The van der Waals surface area contributed by atoms with Crippen molar-refractivity contribution in [2.45, 2.75) is 25.7 Å². The maximum absolute atomic E-state index is 14.0. The van der Waals surface area contributed by atoms with E-state index in [9.17, 15) is 13.6 Å². The third-order valence-electron chi connectivity index (χ3n) is 5.20. The van der Waals surface area contributed by atoms with Gasteiger partial charge in [0.05, 0.1) is 28.8 Å². The number of aryl methyl sites for hydroxylation is 1. The highest BCUT2D eigenvalue weighted by Crippen LogP contribution is 2.31. The summed E-state index contributed by atoms with van der Waals surface area (Å²) in [5.74, 6) is -1.81. The molecule has 150 valence electrons. The number of carbonyl (C=O) groups is 1. The number of hydrogen-bond acceptors (Lipinski definition) is 3. The van der Waals surface area contributed by atoms with E-state index in [1.54, 1.807) is 4.68 Å². The first-order chi connectivity index (χ1) is 14.0. The predicted molar refractivity (Wildman–Crippen MR) is 107 cm³/mol. The third-order valence-corrected chi connectivity index (χ3v) is 5.20. The van der Waals surface area contributed by atoms with Gasteiger partial charge < -0.3 is 10.6 Å². The Labute approximate surface area is 167 Å². The monoisotopic (exact) mass is 396 g/mol. The summed E-state index contributed by atoms with van der Waals surface area (Å²) in [6, 6.07) is 11.0. The van der Waals surface area contributed by atoms with E-state index in [0.717, 1.165) is 55.0 Å². The number of carbonyl (C=O) groups excluding carboxylic acids is 1. The Balaban J connectivity index is 1.73. The lowest BCUT2D eigenvalue weighted by Gasteiger charge is -2.24. The molecule has 1 amide bonds. The SMILES string of the molecule is Cc1cccc(-n2ncc(C(=O)Nc3ccc(F)cc3F)c2C2CCNCC2)c1. The predicted octanol–water partition coefficient (Wildman–Crippen LogP) is 4.18. The number of rotatable bonds is 4. The molecule has 0 unspecified atom stereocenters. The second kappa shape index (κ2) is 8.13. The molecule has 2 N–H and O–H groups in total. The van der Waals surface area contributed by atoms with Gasteiger partial charge in [-0.05, 0) is 62.7 Å². The van der Waals surface area contributed by atoms with Crippen LogP contribution >= 0.6 is 0 Å². The molecule has 1 aliphatic heterocycles. The quantitative estimate of drug-likeness (QED) is 0.696. The highest BCUT2D eigenvalue weighted by atomic mass is 19.1. The minimum absolute atomic E-state index is 0.0593. The van der Waals surface area contributed by atoms with Crippen molar-refractivity contribution in [3.63, 3.8) is 0 Å². The number of halogens is 2. The average Bonchev–Trinajstić information content (AvgIpc) is 3.16. The molecular formula is C22H22F2N4O. The van der Waals surface area contributed by atoms with Crippen molar-refractivity contribution < 1.29 is 13.6 Å². The normalized spacial score (nSPS) is 14.7. The Morgan fingerprint density at radius 1 is 1.17 bits per heavy atom. The molecule has 0 saturated carbocycles. The highest BCUT2D eigenvalue weighted by molar-refractivity contribution is 6.05. The maximum Gasteiger partial charge on any atom is 0.259 e. The lowest BCUT2D eigenvalue weighted by Crippen LogP contribution is -2.29. The molecule has 1 aromatic heterocycles. The van der Waals surface area contributed by atoms with E-state index in [0.29, 0.717) is 5.56 Å². The summed E-state index contributed by atoms with van der Waals surface area (Å²) in [5, 5.41) is 10.4. The number of nitrogens with one attached hydrogen (secondary N) is 2. The lowest BCUT2D eigenvalue weighted by molar-refractivity contribution is 0.102. The van der Waals surface area contributed by atoms with Crippen LogP contribution in [0.25, 0.3) is 5.69 Å². The van der Waals surface area contributed by atoms with Crippen LogP contribution in [0.2, 0.25) is 0 Å². The molecule has 0 atom stereocenters. The van der Waals surface area contributed by atoms with Crippen LogP contribution in [0.3, 0.4) is 0 Å². The number of aromatic nitrogens is 2. The van der Waals surface area contributed by atoms with Crippen LogP contribution in [-0.4, -0.2) is 28.8 Å². The fraction of sp³-hybridized carbons (Fsp3) is 0.273. The third kappa shape index (κ3) is 4.05. The zero-order chi connectivity index (χ0) is 20.4. The zero-order valence-corrected chi connectivity index (χ0v) is 16.1. The van der Waals surface area contributed by atoms with Crippen molar-refractivity contribution in [3.05, 3.63) is 77.1 Å². The smallest absolute Gasteiger partial charge is 0.259 e. The zero-order valence-electron chi connectivity index (χ0n) is 16.1. The summed E-state index contributed by atoms with van der Waals surface area (Å²) < 4.78 is 29.0. The van der Waals surface area contributed by atoms with E-state index < -0.39 is 17.5 Å². The van der Waals surface area contributed by atoms with Gasteiger partial charge >= 0.3 is 0 Å². The van der Waals surface area contributed by atoms with Crippen LogP contribution in [-0.2, 0) is 0 Å². The molecule has 3 aromatic rings. The van der Waals surface area contributed by atoms with Crippen molar-refractivity contribution in [1.29, 1.82) is 0 Å². The Morgan fingerprint density at radius 3 is 2.69 bits per heavy atom. The molecule has 1 fully saturated rings. The van der Waals surface area contributed by atoms with E-state index in [1.165, 1.54) is 12.3 Å². The summed E-state index contributed by atoms with van der Waals surface area (Å²) >= 11 is 0. The molecule has 2 heterocycles. The summed E-state index contributed by atoms with van der Waals surface area (Å²) in [7, 11) is 0. The molecule has 0 spiro atoms. The van der Waals surface area contributed by atoms with Crippen molar-refractivity contribution in [2.24, 2.45) is 0 Å². The van der Waals surface area contributed by atoms with Crippen molar-refractivity contribution in [3.8, 4) is 5.69 Å². The fourth-order valence-corrected chi connectivity index (χ4v) is 3.77. The van der Waals surface area contributed by atoms with Crippen LogP contribution in [0.15, 0.2) is 48.7 Å². The maximum atomic E-state index is 14.0. The molecule has 1 saturated heterocycles. The molecule has 1 aliphatic rings.